The van der Waals surface area contributed by atoms with Crippen LogP contribution in [0.2, 0.25) is 0 Å². The van der Waals surface area contributed by atoms with Crippen LogP contribution in [-0.4, -0.2) is 21.2 Å². The van der Waals surface area contributed by atoms with Gasteiger partial charge in [0.25, 0.3) is 0 Å². The summed E-state index contributed by atoms with van der Waals surface area (Å²) in [6.45, 7) is 8.63. The maximum absolute atomic E-state index is 12.6. The Morgan fingerprint density at radius 3 is 2.20 bits per heavy atom. The molecular weight excluding hydrogens is 482 g/mol. The van der Waals surface area contributed by atoms with E-state index in [0.29, 0.717) is 0 Å². The Morgan fingerprint density at radius 2 is 1.80 bits per heavy atom. The number of carbonyl (C=O) groups is 1. The molecule has 20 heavy (non-hydrogen) atoms. The Morgan fingerprint density at radius 1 is 1.25 bits per heavy atom. The predicted molar refractivity (Wildman–Crippen MR) is 83.8 cm³/mol. The van der Waals surface area contributed by atoms with Crippen LogP contribution in [0.15, 0.2) is 0 Å². The summed E-state index contributed by atoms with van der Waals surface area (Å²) in [7, 11) is 0. The van der Waals surface area contributed by atoms with Crippen molar-refractivity contribution in [2.45, 2.75) is 75.0 Å². The Hall–Kier alpha value is 0.850. The van der Waals surface area contributed by atoms with Crippen LogP contribution < -0.4 is 28.8 Å². The minimum atomic E-state index is -0.291. The fourth-order valence-corrected chi connectivity index (χ4v) is 6.27. The van der Waals surface area contributed by atoms with E-state index in [1.165, 1.54) is 6.42 Å². The second-order valence-electron chi connectivity index (χ2n) is 7.07. The molecule has 1 saturated heterocycles. The Kier molecular flexibility index (Phi) is 5.30. The number of carbonyl (C=O) groups excluding carboxylic acids is 1. The SMILES string of the molecule is CC1(C(I)C(=O)OC2(C(C)(C)C)CCCCC2)N[I-]N1. The van der Waals surface area contributed by atoms with Crippen molar-refractivity contribution in [3.63, 3.8) is 0 Å². The first-order valence-corrected chi connectivity index (χ1v) is 10.6. The van der Waals surface area contributed by atoms with Crippen LogP contribution >= 0.6 is 22.6 Å². The summed E-state index contributed by atoms with van der Waals surface area (Å²) in [5.74, 6) is -0.0753. The molecule has 0 radical (unpaired) electrons. The fourth-order valence-electron chi connectivity index (χ4n) is 2.90. The molecule has 0 bridgehead atoms. The van der Waals surface area contributed by atoms with Gasteiger partial charge in [0.2, 0.25) is 0 Å². The number of rotatable bonds is 3. The maximum atomic E-state index is 12.6. The van der Waals surface area contributed by atoms with Crippen molar-refractivity contribution in [2.24, 2.45) is 5.41 Å². The molecule has 1 aliphatic heterocycles. The zero-order chi connectivity index (χ0) is 15.0. The second-order valence-corrected chi connectivity index (χ2v) is 9.94. The quantitative estimate of drug-likeness (QED) is 0.243. The molecule has 0 aromatic heterocycles. The first-order valence-electron chi connectivity index (χ1n) is 7.24. The van der Waals surface area contributed by atoms with Gasteiger partial charge < -0.3 is 0 Å². The van der Waals surface area contributed by atoms with E-state index in [0.717, 1.165) is 25.7 Å². The van der Waals surface area contributed by atoms with Crippen molar-refractivity contribution < 1.29 is 31.3 Å². The van der Waals surface area contributed by atoms with Crippen LogP contribution in [0.3, 0.4) is 0 Å². The van der Waals surface area contributed by atoms with E-state index in [4.69, 9.17) is 4.74 Å². The molecule has 4 nitrogen and oxygen atoms in total. The summed E-state index contributed by atoms with van der Waals surface area (Å²) < 4.78 is 12.7. The van der Waals surface area contributed by atoms with Crippen molar-refractivity contribution in [1.82, 2.24) is 7.06 Å². The number of esters is 1. The molecule has 0 aromatic carbocycles. The number of hydrogen-bond donors (Lipinski definition) is 2. The molecule has 0 spiro atoms. The van der Waals surface area contributed by atoms with Gasteiger partial charge in [-0.15, -0.1) is 0 Å². The zero-order valence-corrected chi connectivity index (χ0v) is 17.0. The first kappa shape index (κ1) is 17.2. The van der Waals surface area contributed by atoms with Gasteiger partial charge in [0, 0.05) is 0 Å². The van der Waals surface area contributed by atoms with Gasteiger partial charge in [0.15, 0.2) is 0 Å². The molecule has 0 aromatic rings. The van der Waals surface area contributed by atoms with Crippen molar-refractivity contribution >= 4 is 28.6 Å². The average Bonchev–Trinajstić information content (AvgIpc) is 2.34. The van der Waals surface area contributed by atoms with E-state index < -0.39 is 0 Å². The summed E-state index contributed by atoms with van der Waals surface area (Å²) in [5.41, 5.74) is -0.576. The Labute approximate surface area is 146 Å². The van der Waals surface area contributed by atoms with E-state index in [-0.39, 0.29) is 48.3 Å². The van der Waals surface area contributed by atoms with Crippen LogP contribution in [0, 0.1) is 5.41 Å². The van der Waals surface area contributed by atoms with Crippen molar-refractivity contribution in [3.8, 4) is 0 Å². The minimum absolute atomic E-state index is 0.00621. The molecule has 2 N–H and O–H groups in total. The van der Waals surface area contributed by atoms with Crippen molar-refractivity contribution in [3.05, 3.63) is 0 Å². The number of hydrogen-bond acceptors (Lipinski definition) is 4. The third-order valence-corrected chi connectivity index (χ3v) is 9.06. The number of nitrogens with one attached hydrogen (secondary N) is 2. The van der Waals surface area contributed by atoms with Gasteiger partial charge in [0.1, 0.15) is 0 Å². The summed E-state index contributed by atoms with van der Waals surface area (Å²) >= 11 is 2.08. The molecular formula is C14H25I2N2O2-. The van der Waals surface area contributed by atoms with E-state index in [1.54, 1.807) is 0 Å². The molecule has 1 aliphatic carbocycles. The first-order chi connectivity index (χ1) is 9.20. The number of ether oxygens (including phenoxy) is 1. The second kappa shape index (κ2) is 6.16. The van der Waals surface area contributed by atoms with Gasteiger partial charge in [-0.1, -0.05) is 0 Å². The molecule has 2 aliphatic rings. The molecule has 2 fully saturated rings. The molecule has 1 unspecified atom stereocenters. The van der Waals surface area contributed by atoms with Crippen molar-refractivity contribution in [1.29, 1.82) is 0 Å². The predicted octanol–water partition coefficient (Wildman–Crippen LogP) is -0.0898. The van der Waals surface area contributed by atoms with Gasteiger partial charge in [-0.25, -0.2) is 0 Å². The Balaban J connectivity index is 2.10. The van der Waals surface area contributed by atoms with Gasteiger partial charge in [-0.2, -0.15) is 0 Å². The van der Waals surface area contributed by atoms with Gasteiger partial charge in [0.05, 0.1) is 0 Å². The van der Waals surface area contributed by atoms with E-state index in [1.807, 2.05) is 6.92 Å². The monoisotopic (exact) mass is 507 g/mol. The normalized spacial score (nSPS) is 26.9. The molecule has 6 heteroatoms. The van der Waals surface area contributed by atoms with Crippen LogP contribution in [0.1, 0.15) is 59.8 Å². The summed E-state index contributed by atoms with van der Waals surface area (Å²) in [5, 5.41) is 0. The van der Waals surface area contributed by atoms with E-state index in [2.05, 4.69) is 50.4 Å². The average molecular weight is 507 g/mol. The molecule has 1 atom stereocenters. The third kappa shape index (κ3) is 3.27. The Bertz CT molecular complexity index is 372. The molecule has 1 saturated carbocycles. The molecule has 0 amide bonds. The van der Waals surface area contributed by atoms with Crippen LogP contribution in [0.5, 0.6) is 0 Å². The third-order valence-electron chi connectivity index (χ3n) is 4.52. The van der Waals surface area contributed by atoms with Crippen LogP contribution in [0.4, 0.5) is 0 Å². The standard InChI is InChI=1S/C14H25I2N2O2/c1-12(2,3)14(8-6-5-7-9-14)20-11(19)10(15)13(4)17-16-18-13/h10,17-18H,5-9H2,1-4H3/q-1. The van der Waals surface area contributed by atoms with Gasteiger partial charge in [-0.3, -0.25) is 0 Å². The van der Waals surface area contributed by atoms with Gasteiger partial charge >= 0.3 is 147 Å². The van der Waals surface area contributed by atoms with Crippen LogP contribution in [-0.2, 0) is 9.53 Å². The fraction of sp³-hybridized carbons (Fsp3) is 0.929. The van der Waals surface area contributed by atoms with Crippen molar-refractivity contribution in [2.75, 3.05) is 0 Å². The van der Waals surface area contributed by atoms with E-state index >= 15 is 0 Å². The number of halogens is 2. The molecule has 1 heterocycles. The van der Waals surface area contributed by atoms with Crippen LogP contribution in [0.25, 0.3) is 0 Å². The van der Waals surface area contributed by atoms with E-state index in [9.17, 15) is 4.79 Å². The van der Waals surface area contributed by atoms with Gasteiger partial charge in [-0.05, 0) is 0 Å². The topological polar surface area (TPSA) is 50.4 Å². The summed E-state index contributed by atoms with van der Waals surface area (Å²) in [4.78, 5) is 12.6. The summed E-state index contributed by atoms with van der Waals surface area (Å²) in [6.07, 6.45) is 5.58. The number of alkyl halides is 1. The summed E-state index contributed by atoms with van der Waals surface area (Å²) in [6, 6.07) is 0. The molecule has 118 valence electrons. The zero-order valence-electron chi connectivity index (χ0n) is 12.7. The molecule has 2 rings (SSSR count).